The number of esters is 1. The molecule has 0 unspecified atom stereocenters. The molecule has 2 aromatic rings. The summed E-state index contributed by atoms with van der Waals surface area (Å²) >= 11 is 0. The van der Waals surface area contributed by atoms with Crippen molar-refractivity contribution in [3.8, 4) is 0 Å². The highest BCUT2D eigenvalue weighted by Gasteiger charge is 2.23. The van der Waals surface area contributed by atoms with E-state index in [1.165, 1.54) is 16.8 Å². The van der Waals surface area contributed by atoms with Crippen molar-refractivity contribution in [2.75, 3.05) is 26.4 Å². The van der Waals surface area contributed by atoms with Gasteiger partial charge in [0.25, 0.3) is 10.1 Å². The van der Waals surface area contributed by atoms with Crippen LogP contribution in [0.4, 0.5) is 0 Å². The second kappa shape index (κ2) is 11.3. The smallest absolute Gasteiger partial charge is 0.313 e. The molecule has 0 aliphatic heterocycles. The Kier molecular flexibility index (Phi) is 9.11. The van der Waals surface area contributed by atoms with Crippen LogP contribution < -0.4 is 0 Å². The summed E-state index contributed by atoms with van der Waals surface area (Å²) in [6.07, 6.45) is 1.63. The number of aryl methyl sites for hydroxylation is 1. The highest BCUT2D eigenvalue weighted by Crippen LogP contribution is 2.15. The van der Waals surface area contributed by atoms with Crippen LogP contribution >= 0.6 is 0 Å². The summed E-state index contributed by atoms with van der Waals surface area (Å²) in [5.41, 5.74) is 0.968. The minimum Gasteiger partial charge on any atom is -0.442 e. The fourth-order valence-corrected chi connectivity index (χ4v) is 3.07. The third-order valence-corrected chi connectivity index (χ3v) is 5.25. The fourth-order valence-electron chi connectivity index (χ4n) is 2.18. The van der Waals surface area contributed by atoms with Gasteiger partial charge in [0, 0.05) is 0 Å². The Bertz CT molecular complexity index is 934. The molecule has 1 aromatic heterocycles. The molecule has 0 aliphatic carbocycles. The molecule has 0 fully saturated rings. The molecule has 11 heteroatoms. The molecule has 0 N–H and O–H groups in total. The van der Waals surface area contributed by atoms with Gasteiger partial charge in [-0.25, -0.2) is 4.68 Å². The molecule has 31 heavy (non-hydrogen) atoms. The standard InChI is InChI=1S/C20H29N3O7S/c1-16-5-7-18(8-6-16)31(25,26)30-12-11-27-9-10-28-14-17-13-23(22-21-17)15-29-19(24)20(2,3)4/h5-8,13H,9-12,14-15H2,1-4H3. The number of carbonyl (C=O) groups excluding carboxylic acids is 1. The summed E-state index contributed by atoms with van der Waals surface area (Å²) < 4.78 is 46.3. The highest BCUT2D eigenvalue weighted by atomic mass is 32.2. The quantitative estimate of drug-likeness (QED) is 0.269. The number of carbonyl (C=O) groups is 1. The largest absolute Gasteiger partial charge is 0.442 e. The maximum absolute atomic E-state index is 12.0. The van der Waals surface area contributed by atoms with Crippen LogP contribution in [-0.4, -0.2) is 55.8 Å². The van der Waals surface area contributed by atoms with Gasteiger partial charge in [0.2, 0.25) is 0 Å². The Labute approximate surface area is 182 Å². The molecule has 0 saturated carbocycles. The van der Waals surface area contributed by atoms with E-state index in [1.807, 2.05) is 6.92 Å². The van der Waals surface area contributed by atoms with Crippen molar-refractivity contribution < 1.29 is 31.6 Å². The second-order valence-corrected chi connectivity index (χ2v) is 9.43. The van der Waals surface area contributed by atoms with Crippen molar-refractivity contribution in [2.45, 2.75) is 45.9 Å². The molecule has 1 aromatic carbocycles. The van der Waals surface area contributed by atoms with E-state index in [9.17, 15) is 13.2 Å². The van der Waals surface area contributed by atoms with Crippen LogP contribution in [0.1, 0.15) is 32.0 Å². The molecule has 0 bridgehead atoms. The summed E-state index contributed by atoms with van der Waals surface area (Å²) in [6.45, 7) is 7.98. The zero-order valence-electron chi connectivity index (χ0n) is 18.2. The van der Waals surface area contributed by atoms with Crippen LogP contribution in [0, 0.1) is 12.3 Å². The summed E-state index contributed by atoms with van der Waals surface area (Å²) in [7, 11) is -3.79. The maximum Gasteiger partial charge on any atom is 0.313 e. The van der Waals surface area contributed by atoms with Crippen LogP contribution in [-0.2, 0) is 46.6 Å². The summed E-state index contributed by atoms with van der Waals surface area (Å²) in [5, 5.41) is 7.80. The van der Waals surface area contributed by atoms with E-state index in [0.717, 1.165) is 5.56 Å². The number of hydrogen-bond acceptors (Lipinski definition) is 9. The van der Waals surface area contributed by atoms with E-state index >= 15 is 0 Å². The van der Waals surface area contributed by atoms with Crippen LogP contribution in [0.3, 0.4) is 0 Å². The van der Waals surface area contributed by atoms with Crippen molar-refractivity contribution in [1.29, 1.82) is 0 Å². The lowest BCUT2D eigenvalue weighted by atomic mass is 9.98. The van der Waals surface area contributed by atoms with E-state index in [-0.39, 0.29) is 50.6 Å². The first-order valence-electron chi connectivity index (χ1n) is 9.76. The number of aromatic nitrogens is 3. The predicted molar refractivity (Wildman–Crippen MR) is 110 cm³/mol. The third kappa shape index (κ3) is 8.74. The van der Waals surface area contributed by atoms with Gasteiger partial charge in [-0.05, 0) is 39.8 Å². The topological polar surface area (TPSA) is 119 Å². The van der Waals surface area contributed by atoms with E-state index in [1.54, 1.807) is 39.1 Å². The van der Waals surface area contributed by atoms with E-state index < -0.39 is 15.5 Å². The van der Waals surface area contributed by atoms with Gasteiger partial charge in [0.05, 0.1) is 49.5 Å². The average molecular weight is 456 g/mol. The number of benzene rings is 1. The average Bonchev–Trinajstić information content (AvgIpc) is 3.15. The lowest BCUT2D eigenvalue weighted by molar-refractivity contribution is -0.157. The lowest BCUT2D eigenvalue weighted by Crippen LogP contribution is -2.24. The van der Waals surface area contributed by atoms with Gasteiger partial charge in [0.15, 0.2) is 6.73 Å². The zero-order chi connectivity index (χ0) is 22.9. The summed E-state index contributed by atoms with van der Waals surface area (Å²) in [6, 6.07) is 6.43. The Balaban J connectivity index is 1.56. The minimum atomic E-state index is -3.79. The Morgan fingerprint density at radius 2 is 1.68 bits per heavy atom. The highest BCUT2D eigenvalue weighted by molar-refractivity contribution is 7.86. The van der Waals surface area contributed by atoms with Crippen molar-refractivity contribution in [3.63, 3.8) is 0 Å². The molecule has 10 nitrogen and oxygen atoms in total. The summed E-state index contributed by atoms with van der Waals surface area (Å²) in [5.74, 6) is -0.325. The molecule has 0 amide bonds. The molecule has 2 rings (SSSR count). The minimum absolute atomic E-state index is 0.0162. The third-order valence-electron chi connectivity index (χ3n) is 3.92. The Morgan fingerprint density at radius 3 is 2.35 bits per heavy atom. The first-order valence-corrected chi connectivity index (χ1v) is 11.2. The molecule has 0 spiro atoms. The number of ether oxygens (including phenoxy) is 3. The van der Waals surface area contributed by atoms with E-state index in [2.05, 4.69) is 10.3 Å². The van der Waals surface area contributed by atoms with Gasteiger partial charge in [-0.15, -0.1) is 5.10 Å². The van der Waals surface area contributed by atoms with Gasteiger partial charge >= 0.3 is 5.97 Å². The molecule has 0 aliphatic rings. The molecule has 1 heterocycles. The molecule has 0 radical (unpaired) electrons. The first kappa shape index (κ1) is 24.9. The zero-order valence-corrected chi connectivity index (χ0v) is 19.1. The van der Waals surface area contributed by atoms with Crippen LogP contribution in [0.15, 0.2) is 35.4 Å². The monoisotopic (exact) mass is 455 g/mol. The van der Waals surface area contributed by atoms with E-state index in [4.69, 9.17) is 18.4 Å². The van der Waals surface area contributed by atoms with Crippen molar-refractivity contribution in [2.24, 2.45) is 5.41 Å². The van der Waals surface area contributed by atoms with Crippen LogP contribution in [0.5, 0.6) is 0 Å². The molecule has 172 valence electrons. The lowest BCUT2D eigenvalue weighted by Gasteiger charge is -2.15. The van der Waals surface area contributed by atoms with E-state index in [0.29, 0.717) is 5.69 Å². The Morgan fingerprint density at radius 1 is 1.03 bits per heavy atom. The number of hydrogen-bond donors (Lipinski definition) is 0. The van der Waals surface area contributed by atoms with Crippen molar-refractivity contribution in [3.05, 3.63) is 41.7 Å². The van der Waals surface area contributed by atoms with Crippen LogP contribution in [0.2, 0.25) is 0 Å². The maximum atomic E-state index is 12.0. The van der Waals surface area contributed by atoms with Gasteiger partial charge < -0.3 is 14.2 Å². The van der Waals surface area contributed by atoms with Crippen LogP contribution in [0.25, 0.3) is 0 Å². The summed E-state index contributed by atoms with van der Waals surface area (Å²) in [4.78, 5) is 11.9. The fraction of sp³-hybridized carbons (Fsp3) is 0.550. The molecular weight excluding hydrogens is 426 g/mol. The van der Waals surface area contributed by atoms with Crippen molar-refractivity contribution in [1.82, 2.24) is 15.0 Å². The second-order valence-electron chi connectivity index (χ2n) is 7.81. The molecule has 0 atom stereocenters. The number of rotatable bonds is 12. The molecular formula is C20H29N3O7S. The van der Waals surface area contributed by atoms with Crippen molar-refractivity contribution >= 4 is 16.1 Å². The number of nitrogens with zero attached hydrogens (tertiary/aromatic N) is 3. The van der Waals surface area contributed by atoms with Gasteiger partial charge in [-0.1, -0.05) is 22.9 Å². The van der Waals surface area contributed by atoms with Gasteiger partial charge in [-0.2, -0.15) is 8.42 Å². The SMILES string of the molecule is Cc1ccc(S(=O)(=O)OCCOCCOCc2cn(COC(=O)C(C)(C)C)nn2)cc1. The first-order chi connectivity index (χ1) is 14.6. The van der Waals surface area contributed by atoms with Gasteiger partial charge in [0.1, 0.15) is 5.69 Å². The Hall–Kier alpha value is -2.34. The predicted octanol–water partition coefficient (Wildman–Crippen LogP) is 2.07. The van der Waals surface area contributed by atoms with Gasteiger partial charge in [-0.3, -0.25) is 8.98 Å². The molecule has 0 saturated heterocycles. The normalized spacial score (nSPS) is 12.1.